The van der Waals surface area contributed by atoms with Crippen LogP contribution in [-0.2, 0) is 0 Å². The average Bonchev–Trinajstić information content (AvgIpc) is 3.02. The van der Waals surface area contributed by atoms with Crippen LogP contribution in [0.25, 0.3) is 6.08 Å². The number of benzene rings is 3. The van der Waals surface area contributed by atoms with Gasteiger partial charge in [0.1, 0.15) is 11.5 Å². The van der Waals surface area contributed by atoms with Gasteiger partial charge in [-0.3, -0.25) is 9.59 Å². The molecule has 0 aromatic heterocycles. The summed E-state index contributed by atoms with van der Waals surface area (Å²) in [5.41, 5.74) is 3.90. The number of fused-ring (bicyclic) bond motifs is 1. The van der Waals surface area contributed by atoms with Crippen molar-refractivity contribution in [3.05, 3.63) is 100 Å². The van der Waals surface area contributed by atoms with Gasteiger partial charge in [-0.25, -0.2) is 0 Å². The van der Waals surface area contributed by atoms with E-state index in [-0.39, 0.29) is 23.9 Å². The van der Waals surface area contributed by atoms with E-state index in [0.29, 0.717) is 22.6 Å². The molecule has 1 heterocycles. The molecule has 0 spiro atoms. The highest BCUT2D eigenvalue weighted by Gasteiger charge is 2.30. The molecular formula is C25H20O4. The molecule has 0 fully saturated rings. The van der Waals surface area contributed by atoms with Crippen LogP contribution in [0.2, 0.25) is 0 Å². The Labute approximate surface area is 169 Å². The Kier molecular flexibility index (Phi) is 5.00. The summed E-state index contributed by atoms with van der Waals surface area (Å²) in [6.07, 6.45) is 1.74. The van der Waals surface area contributed by atoms with Crippen molar-refractivity contribution in [2.45, 2.75) is 13.8 Å². The van der Waals surface area contributed by atoms with E-state index in [9.17, 15) is 9.59 Å². The number of aryl methyl sites for hydroxylation is 2. The molecule has 0 saturated heterocycles. The van der Waals surface area contributed by atoms with E-state index < -0.39 is 0 Å². The number of Topliss-reactive ketones (excluding diaryl/α,β-unsaturated/α-hetero) is 2. The van der Waals surface area contributed by atoms with Crippen molar-refractivity contribution in [3.8, 4) is 11.5 Å². The maximum Gasteiger partial charge on any atom is 0.232 e. The highest BCUT2D eigenvalue weighted by atomic mass is 16.5. The molecule has 4 nitrogen and oxygen atoms in total. The number of allylic oxidation sites excluding steroid dienone is 1. The van der Waals surface area contributed by atoms with Gasteiger partial charge in [0.2, 0.25) is 5.78 Å². The molecule has 0 saturated carbocycles. The zero-order valence-corrected chi connectivity index (χ0v) is 16.3. The normalized spacial score (nSPS) is 13.9. The molecule has 4 heteroatoms. The monoisotopic (exact) mass is 384 g/mol. The molecule has 3 aromatic rings. The van der Waals surface area contributed by atoms with Gasteiger partial charge in [-0.15, -0.1) is 0 Å². The minimum atomic E-state index is -0.147. The fourth-order valence-electron chi connectivity index (χ4n) is 3.33. The molecule has 3 aromatic carbocycles. The quantitative estimate of drug-likeness (QED) is 0.449. The minimum Gasteiger partial charge on any atom is -0.485 e. The summed E-state index contributed by atoms with van der Waals surface area (Å²) in [7, 11) is 0. The van der Waals surface area contributed by atoms with Gasteiger partial charge in [0.25, 0.3) is 0 Å². The van der Waals surface area contributed by atoms with Crippen LogP contribution in [-0.4, -0.2) is 18.2 Å². The number of hydrogen-bond donors (Lipinski definition) is 0. The van der Waals surface area contributed by atoms with Gasteiger partial charge in [0, 0.05) is 11.6 Å². The van der Waals surface area contributed by atoms with Crippen molar-refractivity contribution in [2.24, 2.45) is 0 Å². The third kappa shape index (κ3) is 3.97. The summed E-state index contributed by atoms with van der Waals surface area (Å²) in [6, 6.07) is 20.3. The molecule has 4 rings (SSSR count). The second kappa shape index (κ2) is 7.76. The molecular weight excluding hydrogens is 364 g/mol. The van der Waals surface area contributed by atoms with Crippen LogP contribution in [0.5, 0.6) is 11.5 Å². The lowest BCUT2D eigenvalue weighted by atomic mass is 10.0. The largest absolute Gasteiger partial charge is 0.485 e. The Balaban J connectivity index is 1.54. The standard InChI is InChI=1S/C25H20O4/c1-16-7-6-8-18(11-16)13-23-25(27)24-17(2)12-20(14-22(24)29-23)28-15-21(26)19-9-4-3-5-10-19/h3-14H,15H2,1-2H3/b23-13-. The lowest BCUT2D eigenvalue weighted by Gasteiger charge is -2.08. The predicted molar refractivity (Wildman–Crippen MR) is 112 cm³/mol. The van der Waals surface area contributed by atoms with Crippen molar-refractivity contribution in [1.29, 1.82) is 0 Å². The van der Waals surface area contributed by atoms with Gasteiger partial charge in [-0.1, -0.05) is 60.2 Å². The predicted octanol–water partition coefficient (Wildman–Crippen LogP) is 5.18. The number of carbonyl (C=O) groups excluding carboxylic acids is 2. The van der Waals surface area contributed by atoms with E-state index in [1.807, 2.05) is 56.3 Å². The molecule has 0 atom stereocenters. The van der Waals surface area contributed by atoms with Gasteiger partial charge < -0.3 is 9.47 Å². The zero-order valence-electron chi connectivity index (χ0n) is 16.3. The average molecular weight is 384 g/mol. The van der Waals surface area contributed by atoms with Crippen LogP contribution < -0.4 is 9.47 Å². The lowest BCUT2D eigenvalue weighted by molar-refractivity contribution is 0.0920. The van der Waals surface area contributed by atoms with Crippen molar-refractivity contribution in [3.63, 3.8) is 0 Å². The molecule has 0 N–H and O–H groups in total. The molecule has 0 unspecified atom stereocenters. The Hall–Kier alpha value is -3.66. The molecule has 1 aliphatic rings. The third-order valence-corrected chi connectivity index (χ3v) is 4.75. The smallest absolute Gasteiger partial charge is 0.232 e. The lowest BCUT2D eigenvalue weighted by Crippen LogP contribution is -2.11. The number of rotatable bonds is 5. The second-order valence-electron chi connectivity index (χ2n) is 7.05. The SMILES string of the molecule is Cc1cccc(/C=C2\Oc3cc(OCC(=O)c4ccccc4)cc(C)c3C2=O)c1. The highest BCUT2D eigenvalue weighted by Crippen LogP contribution is 2.37. The number of hydrogen-bond acceptors (Lipinski definition) is 4. The maximum absolute atomic E-state index is 12.8. The van der Waals surface area contributed by atoms with Gasteiger partial charge in [0.05, 0.1) is 5.56 Å². The fourth-order valence-corrected chi connectivity index (χ4v) is 3.33. The van der Waals surface area contributed by atoms with Gasteiger partial charge in [-0.2, -0.15) is 0 Å². The summed E-state index contributed by atoms with van der Waals surface area (Å²) in [5.74, 6) is 0.976. The molecule has 29 heavy (non-hydrogen) atoms. The Bertz CT molecular complexity index is 1130. The van der Waals surface area contributed by atoms with Crippen LogP contribution in [0.4, 0.5) is 0 Å². The molecule has 0 aliphatic carbocycles. The van der Waals surface area contributed by atoms with Crippen molar-refractivity contribution in [2.75, 3.05) is 6.61 Å². The first kappa shape index (κ1) is 18.7. The molecule has 0 radical (unpaired) electrons. The van der Waals surface area contributed by atoms with E-state index >= 15 is 0 Å². The molecule has 0 amide bonds. The van der Waals surface area contributed by atoms with E-state index in [1.54, 1.807) is 30.3 Å². The van der Waals surface area contributed by atoms with Crippen LogP contribution >= 0.6 is 0 Å². The minimum absolute atomic E-state index is 0.0812. The summed E-state index contributed by atoms with van der Waals surface area (Å²) < 4.78 is 11.5. The number of ether oxygens (including phenoxy) is 2. The zero-order chi connectivity index (χ0) is 20.4. The van der Waals surface area contributed by atoms with E-state index in [4.69, 9.17) is 9.47 Å². The van der Waals surface area contributed by atoms with Crippen LogP contribution in [0.15, 0.2) is 72.5 Å². The van der Waals surface area contributed by atoms with E-state index in [2.05, 4.69) is 0 Å². The van der Waals surface area contributed by atoms with Gasteiger partial charge in [0.15, 0.2) is 18.1 Å². The molecule has 144 valence electrons. The number of carbonyl (C=O) groups is 2. The van der Waals surface area contributed by atoms with Crippen LogP contribution in [0, 0.1) is 13.8 Å². The first-order chi connectivity index (χ1) is 14.0. The van der Waals surface area contributed by atoms with Crippen molar-refractivity contribution < 1.29 is 19.1 Å². The molecule has 1 aliphatic heterocycles. The summed E-state index contributed by atoms with van der Waals surface area (Å²) >= 11 is 0. The van der Waals surface area contributed by atoms with E-state index in [0.717, 1.165) is 16.7 Å². The summed E-state index contributed by atoms with van der Waals surface area (Å²) in [5, 5.41) is 0. The Morgan fingerprint density at radius 2 is 1.79 bits per heavy atom. The maximum atomic E-state index is 12.8. The topological polar surface area (TPSA) is 52.6 Å². The number of ketones is 2. The van der Waals surface area contributed by atoms with Crippen LogP contribution in [0.3, 0.4) is 0 Å². The van der Waals surface area contributed by atoms with E-state index in [1.165, 1.54) is 0 Å². The molecule has 0 bridgehead atoms. The Morgan fingerprint density at radius 1 is 1.00 bits per heavy atom. The fraction of sp³-hybridized carbons (Fsp3) is 0.120. The second-order valence-corrected chi connectivity index (χ2v) is 7.05. The summed E-state index contributed by atoms with van der Waals surface area (Å²) in [4.78, 5) is 25.0. The first-order valence-corrected chi connectivity index (χ1v) is 9.38. The third-order valence-electron chi connectivity index (χ3n) is 4.75. The van der Waals surface area contributed by atoms with Gasteiger partial charge >= 0.3 is 0 Å². The summed E-state index contributed by atoms with van der Waals surface area (Å²) in [6.45, 7) is 3.75. The highest BCUT2D eigenvalue weighted by molar-refractivity contribution is 6.15. The van der Waals surface area contributed by atoms with Crippen molar-refractivity contribution in [1.82, 2.24) is 0 Å². The van der Waals surface area contributed by atoms with Crippen LogP contribution in [0.1, 0.15) is 37.4 Å². The first-order valence-electron chi connectivity index (χ1n) is 9.38. The van der Waals surface area contributed by atoms with Gasteiger partial charge in [-0.05, 0) is 37.1 Å². The van der Waals surface area contributed by atoms with Crippen molar-refractivity contribution >= 4 is 17.6 Å². The Morgan fingerprint density at radius 3 is 2.55 bits per heavy atom.